The summed E-state index contributed by atoms with van der Waals surface area (Å²) in [7, 11) is 0. The van der Waals surface area contributed by atoms with Crippen LogP contribution in [-0.4, -0.2) is 20.7 Å². The molecule has 0 saturated carbocycles. The van der Waals surface area contributed by atoms with Gasteiger partial charge in [-0.25, -0.2) is 9.67 Å². The summed E-state index contributed by atoms with van der Waals surface area (Å²) in [6, 6.07) is 21.9. The summed E-state index contributed by atoms with van der Waals surface area (Å²) in [4.78, 5) is 17.2. The van der Waals surface area contributed by atoms with Crippen LogP contribution in [0.4, 0.5) is 5.69 Å². The lowest BCUT2D eigenvalue weighted by atomic mass is 10.2. The predicted molar refractivity (Wildman–Crippen MR) is 119 cm³/mol. The minimum Gasteiger partial charge on any atom is -0.319 e. The van der Waals surface area contributed by atoms with Gasteiger partial charge in [-0.2, -0.15) is 0 Å². The van der Waals surface area contributed by atoms with Gasteiger partial charge in [-0.1, -0.05) is 75.5 Å². The second-order valence-electron chi connectivity index (χ2n) is 6.10. The lowest BCUT2D eigenvalue weighted by Gasteiger charge is -2.07. The van der Waals surface area contributed by atoms with Crippen LogP contribution >= 0.6 is 39.1 Å². The van der Waals surface area contributed by atoms with Gasteiger partial charge in [-0.15, -0.1) is 5.10 Å². The van der Waals surface area contributed by atoms with E-state index in [1.807, 2.05) is 42.5 Å². The Hall–Kier alpha value is -2.67. The summed E-state index contributed by atoms with van der Waals surface area (Å²) in [5.41, 5.74) is 2.09. The average molecular weight is 488 g/mol. The molecule has 1 heterocycles. The fourth-order valence-corrected chi connectivity index (χ4v) is 3.42. The van der Waals surface area contributed by atoms with E-state index >= 15 is 0 Å². The molecular weight excluding hydrogens is 475 g/mol. The lowest BCUT2D eigenvalue weighted by Crippen LogP contribution is -2.14. The van der Waals surface area contributed by atoms with E-state index in [1.54, 1.807) is 35.0 Å². The largest absolute Gasteiger partial charge is 0.319 e. The number of hydrogen-bond donors (Lipinski definition) is 1. The van der Waals surface area contributed by atoms with Crippen molar-refractivity contribution in [3.8, 4) is 17.1 Å². The number of hydrogen-bond acceptors (Lipinski definition) is 3. The van der Waals surface area contributed by atoms with Crippen LogP contribution in [0.2, 0.25) is 10.0 Å². The number of nitrogens with one attached hydrogen (secondary N) is 1. The van der Waals surface area contributed by atoms with Gasteiger partial charge in [0.2, 0.25) is 5.82 Å². The number of aromatic nitrogens is 3. The maximum absolute atomic E-state index is 12.8. The fraction of sp³-hybridized carbons (Fsp3) is 0. The molecule has 1 N–H and O–H groups in total. The molecule has 0 radical (unpaired) electrons. The van der Waals surface area contributed by atoms with Crippen LogP contribution < -0.4 is 5.32 Å². The number of halogens is 3. The number of anilines is 1. The van der Waals surface area contributed by atoms with Gasteiger partial charge in [0.15, 0.2) is 5.82 Å². The topological polar surface area (TPSA) is 59.8 Å². The number of benzene rings is 3. The number of rotatable bonds is 4. The second-order valence-corrected chi connectivity index (χ2v) is 7.83. The Bertz CT molecular complexity index is 1190. The maximum Gasteiger partial charge on any atom is 0.295 e. The highest BCUT2D eigenvalue weighted by atomic mass is 79.9. The number of carbonyl (C=O) groups excluding carboxylic acids is 1. The first-order valence-corrected chi connectivity index (χ1v) is 10.1. The van der Waals surface area contributed by atoms with E-state index in [1.165, 1.54) is 0 Å². The fourth-order valence-electron chi connectivity index (χ4n) is 2.73. The molecule has 0 aliphatic rings. The molecule has 8 heteroatoms. The van der Waals surface area contributed by atoms with E-state index in [0.29, 0.717) is 27.2 Å². The van der Waals surface area contributed by atoms with Crippen molar-refractivity contribution in [2.45, 2.75) is 0 Å². The molecule has 0 bridgehead atoms. The molecule has 0 spiro atoms. The number of nitrogens with zero attached hydrogens (tertiary/aromatic N) is 3. The molecule has 1 amide bonds. The Labute approximate surface area is 185 Å². The summed E-state index contributed by atoms with van der Waals surface area (Å²) in [5.74, 6) is 0.136. The Morgan fingerprint density at radius 3 is 2.45 bits per heavy atom. The van der Waals surface area contributed by atoms with Crippen molar-refractivity contribution >= 4 is 50.7 Å². The van der Waals surface area contributed by atoms with Gasteiger partial charge >= 0.3 is 0 Å². The summed E-state index contributed by atoms with van der Waals surface area (Å²) in [6.07, 6.45) is 0. The Morgan fingerprint density at radius 2 is 1.72 bits per heavy atom. The van der Waals surface area contributed by atoms with Gasteiger partial charge in [-0.05, 0) is 36.4 Å². The van der Waals surface area contributed by atoms with Crippen LogP contribution in [0, 0.1) is 0 Å². The smallest absolute Gasteiger partial charge is 0.295 e. The van der Waals surface area contributed by atoms with Crippen LogP contribution in [0.25, 0.3) is 17.1 Å². The van der Waals surface area contributed by atoms with Crippen molar-refractivity contribution in [2.75, 3.05) is 5.32 Å². The molecule has 4 rings (SSSR count). The highest BCUT2D eigenvalue weighted by Gasteiger charge is 2.19. The summed E-state index contributed by atoms with van der Waals surface area (Å²) in [6.45, 7) is 0. The van der Waals surface area contributed by atoms with Crippen molar-refractivity contribution in [3.63, 3.8) is 0 Å². The van der Waals surface area contributed by atoms with E-state index in [9.17, 15) is 4.79 Å². The monoisotopic (exact) mass is 486 g/mol. The minimum absolute atomic E-state index is 0.0369. The Balaban J connectivity index is 1.77. The normalized spacial score (nSPS) is 10.7. The zero-order chi connectivity index (χ0) is 20.4. The van der Waals surface area contributed by atoms with Crippen LogP contribution in [0.5, 0.6) is 0 Å². The van der Waals surface area contributed by atoms with Crippen molar-refractivity contribution in [1.29, 1.82) is 0 Å². The molecular formula is C21H13BrCl2N4O. The molecule has 1 aromatic heterocycles. The molecule has 144 valence electrons. The first kappa shape index (κ1) is 19.6. The van der Waals surface area contributed by atoms with Crippen LogP contribution in [-0.2, 0) is 0 Å². The van der Waals surface area contributed by atoms with E-state index in [-0.39, 0.29) is 5.82 Å². The molecule has 0 aliphatic heterocycles. The first-order chi connectivity index (χ1) is 14.0. The predicted octanol–water partition coefficient (Wildman–Crippen LogP) is 6.26. The van der Waals surface area contributed by atoms with E-state index in [4.69, 9.17) is 23.2 Å². The standard InChI is InChI=1S/C21H13BrCl2N4O/c22-14-7-4-8-15(11-14)25-21(29)19-26-20(13-5-2-1-3-6-13)28(27-19)16-9-10-17(23)18(24)12-16/h1-12H,(H,25,29). The summed E-state index contributed by atoms with van der Waals surface area (Å²) in [5, 5.41) is 8.06. The SMILES string of the molecule is O=C(Nc1cccc(Br)c1)c1nc(-c2ccccc2)n(-c2ccc(Cl)c(Cl)c2)n1. The van der Waals surface area contributed by atoms with Crippen LogP contribution in [0.3, 0.4) is 0 Å². The Kier molecular flexibility index (Phi) is 5.67. The van der Waals surface area contributed by atoms with Crippen molar-refractivity contribution in [3.05, 3.63) is 93.1 Å². The molecule has 3 aromatic carbocycles. The third-order valence-corrected chi connectivity index (χ3v) is 5.30. The lowest BCUT2D eigenvalue weighted by molar-refractivity contribution is 0.101. The highest BCUT2D eigenvalue weighted by Crippen LogP contribution is 2.27. The molecule has 0 saturated heterocycles. The molecule has 5 nitrogen and oxygen atoms in total. The van der Waals surface area contributed by atoms with Crippen molar-refractivity contribution in [2.24, 2.45) is 0 Å². The van der Waals surface area contributed by atoms with Gasteiger partial charge in [0.25, 0.3) is 5.91 Å². The maximum atomic E-state index is 12.8. The quantitative estimate of drug-likeness (QED) is 0.369. The van der Waals surface area contributed by atoms with Crippen molar-refractivity contribution < 1.29 is 4.79 Å². The zero-order valence-corrected chi connectivity index (χ0v) is 17.9. The third-order valence-electron chi connectivity index (χ3n) is 4.07. The Morgan fingerprint density at radius 1 is 0.931 bits per heavy atom. The molecule has 0 unspecified atom stereocenters. The summed E-state index contributed by atoms with van der Waals surface area (Å²) < 4.78 is 2.43. The first-order valence-electron chi connectivity index (χ1n) is 8.56. The van der Waals surface area contributed by atoms with E-state index in [0.717, 1.165) is 10.0 Å². The van der Waals surface area contributed by atoms with Gasteiger partial charge in [0, 0.05) is 15.7 Å². The molecule has 0 aliphatic carbocycles. The third kappa shape index (κ3) is 4.34. The van der Waals surface area contributed by atoms with Crippen molar-refractivity contribution in [1.82, 2.24) is 14.8 Å². The van der Waals surface area contributed by atoms with Crippen LogP contribution in [0.1, 0.15) is 10.6 Å². The highest BCUT2D eigenvalue weighted by molar-refractivity contribution is 9.10. The zero-order valence-electron chi connectivity index (χ0n) is 14.8. The van der Waals surface area contributed by atoms with E-state index in [2.05, 4.69) is 31.3 Å². The van der Waals surface area contributed by atoms with Gasteiger partial charge in [0.05, 0.1) is 15.7 Å². The molecule has 4 aromatic rings. The summed E-state index contributed by atoms with van der Waals surface area (Å²) >= 11 is 15.6. The van der Waals surface area contributed by atoms with Gasteiger partial charge in [-0.3, -0.25) is 4.79 Å². The van der Waals surface area contributed by atoms with Crippen LogP contribution in [0.15, 0.2) is 77.3 Å². The molecule has 29 heavy (non-hydrogen) atoms. The van der Waals surface area contributed by atoms with Gasteiger partial charge < -0.3 is 5.32 Å². The molecule has 0 atom stereocenters. The molecule has 0 fully saturated rings. The average Bonchev–Trinajstić information content (AvgIpc) is 3.16. The second kappa shape index (κ2) is 8.37. The minimum atomic E-state index is -0.418. The number of amides is 1. The number of carbonyl (C=O) groups is 1. The van der Waals surface area contributed by atoms with Gasteiger partial charge in [0.1, 0.15) is 0 Å². The van der Waals surface area contributed by atoms with E-state index < -0.39 is 5.91 Å².